The molecule has 0 aromatic rings. The Kier molecular flexibility index (Phi) is 3.64. The lowest BCUT2D eigenvalue weighted by atomic mass is 9.78. The molecule has 2 saturated heterocycles. The van der Waals surface area contributed by atoms with Gasteiger partial charge in [-0.25, -0.2) is 0 Å². The molecule has 3 nitrogen and oxygen atoms in total. The molecule has 0 aromatic carbocycles. The number of ether oxygens (including phenoxy) is 1. The Morgan fingerprint density at radius 2 is 2.38 bits per heavy atom. The van der Waals surface area contributed by atoms with E-state index >= 15 is 0 Å². The number of carboxylic acid groups (broad SMARTS) is 1. The van der Waals surface area contributed by atoms with Gasteiger partial charge in [0.25, 0.3) is 0 Å². The maximum atomic E-state index is 11.3. The summed E-state index contributed by atoms with van der Waals surface area (Å²) >= 11 is 0. The minimum absolute atomic E-state index is 0.216. The third-order valence-electron chi connectivity index (χ3n) is 3.87. The van der Waals surface area contributed by atoms with Crippen LogP contribution in [-0.2, 0) is 9.53 Å². The van der Waals surface area contributed by atoms with Crippen LogP contribution in [0.4, 0.5) is 0 Å². The number of rotatable bonds is 5. The van der Waals surface area contributed by atoms with Crippen LogP contribution in [0.5, 0.6) is 0 Å². The second-order valence-corrected chi connectivity index (χ2v) is 4.86. The van der Waals surface area contributed by atoms with Crippen LogP contribution < -0.4 is 0 Å². The van der Waals surface area contributed by atoms with Crippen molar-refractivity contribution >= 4 is 5.97 Å². The Labute approximate surface area is 96.5 Å². The molecule has 0 amide bonds. The predicted octanol–water partition coefficient (Wildman–Crippen LogP) is 2.61. The first kappa shape index (κ1) is 11.6. The van der Waals surface area contributed by atoms with Gasteiger partial charge in [-0.1, -0.05) is 12.2 Å². The molecule has 16 heavy (non-hydrogen) atoms. The minimum atomic E-state index is -0.648. The van der Waals surface area contributed by atoms with Gasteiger partial charge < -0.3 is 9.84 Å². The van der Waals surface area contributed by atoms with Crippen molar-refractivity contribution in [2.24, 2.45) is 11.8 Å². The SMILES string of the molecule is C/C=C\CC[C@H](C(=O)O)C1C[C@@H]2CC[C@H]1O2. The summed E-state index contributed by atoms with van der Waals surface area (Å²) in [6.07, 6.45) is 9.34. The van der Waals surface area contributed by atoms with E-state index in [0.717, 1.165) is 32.1 Å². The van der Waals surface area contributed by atoms with E-state index in [9.17, 15) is 9.90 Å². The largest absolute Gasteiger partial charge is 0.481 e. The van der Waals surface area contributed by atoms with E-state index < -0.39 is 5.97 Å². The van der Waals surface area contributed by atoms with Crippen LogP contribution >= 0.6 is 0 Å². The summed E-state index contributed by atoms with van der Waals surface area (Å²) in [6.45, 7) is 1.97. The van der Waals surface area contributed by atoms with Crippen molar-refractivity contribution < 1.29 is 14.6 Å². The number of hydrogen-bond acceptors (Lipinski definition) is 2. The Balaban J connectivity index is 1.94. The topological polar surface area (TPSA) is 46.5 Å². The number of carboxylic acids is 1. The highest BCUT2D eigenvalue weighted by Gasteiger charge is 2.46. The van der Waals surface area contributed by atoms with Gasteiger partial charge in [0.2, 0.25) is 0 Å². The molecule has 2 fully saturated rings. The zero-order valence-electron chi connectivity index (χ0n) is 9.76. The fourth-order valence-electron chi connectivity index (χ4n) is 3.06. The molecular formula is C13H20O3. The zero-order chi connectivity index (χ0) is 11.5. The molecule has 0 aliphatic carbocycles. The molecule has 90 valence electrons. The molecule has 4 atom stereocenters. The molecule has 0 aromatic heterocycles. The van der Waals surface area contributed by atoms with Crippen molar-refractivity contribution in [3.8, 4) is 0 Å². The van der Waals surface area contributed by atoms with Gasteiger partial charge in [-0.05, 0) is 39.0 Å². The molecule has 2 rings (SSSR count). The summed E-state index contributed by atoms with van der Waals surface area (Å²) < 4.78 is 5.74. The van der Waals surface area contributed by atoms with Crippen LogP contribution in [0.3, 0.4) is 0 Å². The molecule has 0 spiro atoms. The molecule has 1 N–H and O–H groups in total. The van der Waals surface area contributed by atoms with Crippen LogP contribution in [0.2, 0.25) is 0 Å². The van der Waals surface area contributed by atoms with Gasteiger partial charge in [0.1, 0.15) is 0 Å². The molecule has 0 saturated carbocycles. The summed E-state index contributed by atoms with van der Waals surface area (Å²) in [4.78, 5) is 11.3. The van der Waals surface area contributed by atoms with E-state index in [4.69, 9.17) is 4.74 Å². The van der Waals surface area contributed by atoms with E-state index in [2.05, 4.69) is 0 Å². The van der Waals surface area contributed by atoms with Crippen LogP contribution in [0.1, 0.15) is 39.0 Å². The van der Waals surface area contributed by atoms with Gasteiger partial charge in [0, 0.05) is 5.92 Å². The highest BCUT2D eigenvalue weighted by Crippen LogP contribution is 2.43. The highest BCUT2D eigenvalue weighted by atomic mass is 16.5. The molecule has 1 unspecified atom stereocenters. The first-order chi connectivity index (χ1) is 7.72. The summed E-state index contributed by atoms with van der Waals surface area (Å²) in [5.74, 6) is -0.612. The average Bonchev–Trinajstić information content (AvgIpc) is 2.85. The molecule has 2 aliphatic heterocycles. The second kappa shape index (κ2) is 5.00. The van der Waals surface area contributed by atoms with E-state index in [1.807, 2.05) is 19.1 Å². The Hall–Kier alpha value is -0.830. The summed E-state index contributed by atoms with van der Waals surface area (Å²) in [6, 6.07) is 0. The number of hydrogen-bond donors (Lipinski definition) is 1. The van der Waals surface area contributed by atoms with Crippen LogP contribution in [0, 0.1) is 11.8 Å². The maximum Gasteiger partial charge on any atom is 0.306 e. The summed E-state index contributed by atoms with van der Waals surface area (Å²) in [5.41, 5.74) is 0. The van der Waals surface area contributed by atoms with E-state index in [1.165, 1.54) is 0 Å². The quantitative estimate of drug-likeness (QED) is 0.730. The third-order valence-corrected chi connectivity index (χ3v) is 3.87. The van der Waals surface area contributed by atoms with Crippen molar-refractivity contribution in [1.82, 2.24) is 0 Å². The normalized spacial score (nSPS) is 34.7. The Bertz CT molecular complexity index is 285. The van der Waals surface area contributed by atoms with Gasteiger partial charge in [-0.2, -0.15) is 0 Å². The molecule has 0 radical (unpaired) electrons. The Morgan fingerprint density at radius 3 is 2.88 bits per heavy atom. The molecule has 2 heterocycles. The average molecular weight is 224 g/mol. The van der Waals surface area contributed by atoms with Crippen molar-refractivity contribution in [2.75, 3.05) is 0 Å². The number of carbonyl (C=O) groups is 1. The van der Waals surface area contributed by atoms with Gasteiger partial charge in [0.15, 0.2) is 0 Å². The number of allylic oxidation sites excluding steroid dienone is 2. The fourth-order valence-corrected chi connectivity index (χ4v) is 3.06. The zero-order valence-corrected chi connectivity index (χ0v) is 9.76. The maximum absolute atomic E-state index is 11.3. The first-order valence-corrected chi connectivity index (χ1v) is 6.21. The van der Waals surface area contributed by atoms with Crippen molar-refractivity contribution in [2.45, 2.75) is 51.2 Å². The van der Waals surface area contributed by atoms with Crippen molar-refractivity contribution in [3.63, 3.8) is 0 Å². The second-order valence-electron chi connectivity index (χ2n) is 4.86. The minimum Gasteiger partial charge on any atom is -0.481 e. The fraction of sp³-hybridized carbons (Fsp3) is 0.769. The van der Waals surface area contributed by atoms with Gasteiger partial charge in [0.05, 0.1) is 18.1 Å². The highest BCUT2D eigenvalue weighted by molar-refractivity contribution is 5.70. The van der Waals surface area contributed by atoms with Crippen LogP contribution in [0.15, 0.2) is 12.2 Å². The van der Waals surface area contributed by atoms with Crippen molar-refractivity contribution in [3.05, 3.63) is 12.2 Å². The Morgan fingerprint density at radius 1 is 1.56 bits per heavy atom. The van der Waals surface area contributed by atoms with E-state index in [1.54, 1.807) is 0 Å². The van der Waals surface area contributed by atoms with Crippen molar-refractivity contribution in [1.29, 1.82) is 0 Å². The standard InChI is InChI=1S/C13H20O3/c1-2-3-4-5-10(13(14)15)11-8-9-6-7-12(11)16-9/h2-3,9-12H,4-8H2,1H3,(H,14,15)/b3-2-/t9-,10-,11?,12+/m0/s1. The van der Waals surface area contributed by atoms with Crippen LogP contribution in [0.25, 0.3) is 0 Å². The molecular weight excluding hydrogens is 204 g/mol. The summed E-state index contributed by atoms with van der Waals surface area (Å²) in [7, 11) is 0. The smallest absolute Gasteiger partial charge is 0.306 e. The third kappa shape index (κ3) is 2.29. The summed E-state index contributed by atoms with van der Waals surface area (Å²) in [5, 5.41) is 9.28. The lowest BCUT2D eigenvalue weighted by Gasteiger charge is -2.24. The number of aliphatic carboxylic acids is 1. The lowest BCUT2D eigenvalue weighted by molar-refractivity contribution is -0.144. The first-order valence-electron chi connectivity index (χ1n) is 6.21. The van der Waals surface area contributed by atoms with Crippen LogP contribution in [-0.4, -0.2) is 23.3 Å². The number of fused-ring (bicyclic) bond motifs is 2. The lowest BCUT2D eigenvalue weighted by Crippen LogP contribution is -2.30. The predicted molar refractivity (Wildman–Crippen MR) is 61.2 cm³/mol. The molecule has 3 heteroatoms. The molecule has 2 bridgehead atoms. The van der Waals surface area contributed by atoms with E-state index in [-0.39, 0.29) is 17.9 Å². The van der Waals surface area contributed by atoms with Gasteiger partial charge in [-0.15, -0.1) is 0 Å². The van der Waals surface area contributed by atoms with Gasteiger partial charge >= 0.3 is 5.97 Å². The monoisotopic (exact) mass is 224 g/mol. The van der Waals surface area contributed by atoms with Gasteiger partial charge in [-0.3, -0.25) is 4.79 Å². The molecule has 2 aliphatic rings. The van der Waals surface area contributed by atoms with E-state index in [0.29, 0.717) is 6.10 Å².